The van der Waals surface area contributed by atoms with Gasteiger partial charge in [-0.1, -0.05) is 18.2 Å². The minimum atomic E-state index is -0.127. The number of carbonyl (C=O) groups is 1. The van der Waals surface area contributed by atoms with E-state index in [-0.39, 0.29) is 12.0 Å². The fourth-order valence-electron chi connectivity index (χ4n) is 2.53. The normalized spacial score (nSPS) is 10.9. The van der Waals surface area contributed by atoms with Crippen molar-refractivity contribution in [1.29, 1.82) is 0 Å². The molecule has 27 heavy (non-hydrogen) atoms. The fraction of sp³-hybridized carbons (Fsp3) is 0.318. The standard InChI is InChI=1S/C22H27NO4/c1-16(2)27-19-9-5-17(6-10-19)8-12-22(24)23-14-13-18-7-11-20(25-3)21(15-18)26-4/h5-12,15-16H,13-14H2,1-4H3,(H,23,24). The van der Waals surface area contributed by atoms with E-state index in [0.717, 1.165) is 16.9 Å². The second-order valence-electron chi connectivity index (χ2n) is 6.30. The molecule has 2 rings (SSSR count). The van der Waals surface area contributed by atoms with E-state index in [2.05, 4.69) is 5.32 Å². The molecule has 5 nitrogen and oxygen atoms in total. The number of benzene rings is 2. The van der Waals surface area contributed by atoms with E-state index >= 15 is 0 Å². The maximum absolute atomic E-state index is 12.0. The van der Waals surface area contributed by atoms with Crippen LogP contribution in [0.15, 0.2) is 48.5 Å². The van der Waals surface area contributed by atoms with Gasteiger partial charge in [0.1, 0.15) is 5.75 Å². The summed E-state index contributed by atoms with van der Waals surface area (Å²) in [7, 11) is 3.21. The molecule has 0 radical (unpaired) electrons. The van der Waals surface area contributed by atoms with Gasteiger partial charge in [-0.05, 0) is 61.7 Å². The lowest BCUT2D eigenvalue weighted by molar-refractivity contribution is -0.116. The van der Waals surface area contributed by atoms with E-state index in [1.165, 1.54) is 6.08 Å². The molecule has 0 aliphatic heterocycles. The van der Waals surface area contributed by atoms with Crippen molar-refractivity contribution >= 4 is 12.0 Å². The smallest absolute Gasteiger partial charge is 0.244 e. The second kappa shape index (κ2) is 10.3. The van der Waals surface area contributed by atoms with Crippen LogP contribution in [0, 0.1) is 0 Å². The Hall–Kier alpha value is -2.95. The molecule has 5 heteroatoms. The van der Waals surface area contributed by atoms with Crippen LogP contribution in [0.2, 0.25) is 0 Å². The van der Waals surface area contributed by atoms with Gasteiger partial charge >= 0.3 is 0 Å². The first-order valence-corrected chi connectivity index (χ1v) is 8.95. The van der Waals surface area contributed by atoms with Crippen molar-refractivity contribution in [2.75, 3.05) is 20.8 Å². The summed E-state index contributed by atoms with van der Waals surface area (Å²) in [5.74, 6) is 2.07. The highest BCUT2D eigenvalue weighted by atomic mass is 16.5. The van der Waals surface area contributed by atoms with Crippen LogP contribution in [0.4, 0.5) is 0 Å². The van der Waals surface area contributed by atoms with Gasteiger partial charge in [0.15, 0.2) is 11.5 Å². The van der Waals surface area contributed by atoms with Crippen LogP contribution in [-0.2, 0) is 11.2 Å². The van der Waals surface area contributed by atoms with Crippen molar-refractivity contribution in [3.63, 3.8) is 0 Å². The van der Waals surface area contributed by atoms with Gasteiger partial charge < -0.3 is 19.5 Å². The van der Waals surface area contributed by atoms with Gasteiger partial charge in [0, 0.05) is 12.6 Å². The van der Waals surface area contributed by atoms with Gasteiger partial charge in [-0.3, -0.25) is 4.79 Å². The summed E-state index contributed by atoms with van der Waals surface area (Å²) < 4.78 is 16.1. The Kier molecular flexibility index (Phi) is 7.74. The summed E-state index contributed by atoms with van der Waals surface area (Å²) in [5.41, 5.74) is 2.01. The van der Waals surface area contributed by atoms with Crippen molar-refractivity contribution in [3.05, 3.63) is 59.7 Å². The molecule has 144 valence electrons. The van der Waals surface area contributed by atoms with Crippen LogP contribution < -0.4 is 19.5 Å². The van der Waals surface area contributed by atoms with E-state index in [1.807, 2.05) is 56.3 Å². The van der Waals surface area contributed by atoms with Crippen LogP contribution in [0.5, 0.6) is 17.2 Å². The van der Waals surface area contributed by atoms with Gasteiger partial charge in [0.2, 0.25) is 5.91 Å². The summed E-state index contributed by atoms with van der Waals surface area (Å²) in [6, 6.07) is 13.4. The highest BCUT2D eigenvalue weighted by molar-refractivity contribution is 5.91. The predicted molar refractivity (Wildman–Crippen MR) is 107 cm³/mol. The summed E-state index contributed by atoms with van der Waals surface area (Å²) >= 11 is 0. The lowest BCUT2D eigenvalue weighted by Crippen LogP contribution is -2.23. The molecule has 0 unspecified atom stereocenters. The highest BCUT2D eigenvalue weighted by Gasteiger charge is 2.05. The molecule has 2 aromatic rings. The number of methoxy groups -OCH3 is 2. The van der Waals surface area contributed by atoms with Crippen molar-refractivity contribution in [1.82, 2.24) is 5.32 Å². The SMILES string of the molecule is COc1ccc(CCNC(=O)C=Cc2ccc(OC(C)C)cc2)cc1OC. The topological polar surface area (TPSA) is 56.8 Å². The molecule has 0 saturated carbocycles. The van der Waals surface area contributed by atoms with Crippen molar-refractivity contribution in [2.24, 2.45) is 0 Å². The molecular weight excluding hydrogens is 342 g/mol. The Bertz CT molecular complexity index is 766. The van der Waals surface area contributed by atoms with Crippen LogP contribution in [0.1, 0.15) is 25.0 Å². The third kappa shape index (κ3) is 6.70. The number of hydrogen-bond donors (Lipinski definition) is 1. The second-order valence-corrected chi connectivity index (χ2v) is 6.30. The van der Waals surface area contributed by atoms with Gasteiger partial charge in [-0.2, -0.15) is 0 Å². The first kappa shape index (κ1) is 20.4. The summed E-state index contributed by atoms with van der Waals surface area (Å²) in [4.78, 5) is 12.0. The number of nitrogens with one attached hydrogen (secondary N) is 1. The van der Waals surface area contributed by atoms with Crippen molar-refractivity contribution in [3.8, 4) is 17.2 Å². The molecular formula is C22H27NO4. The van der Waals surface area contributed by atoms with Crippen molar-refractivity contribution in [2.45, 2.75) is 26.4 Å². The average molecular weight is 369 g/mol. The van der Waals surface area contributed by atoms with E-state index < -0.39 is 0 Å². The number of amides is 1. The molecule has 0 bridgehead atoms. The Morgan fingerprint density at radius 2 is 1.74 bits per heavy atom. The third-order valence-corrected chi connectivity index (χ3v) is 3.84. The molecule has 0 fully saturated rings. The molecule has 2 aromatic carbocycles. The molecule has 0 spiro atoms. The molecule has 0 aliphatic carbocycles. The van der Waals surface area contributed by atoms with Crippen LogP contribution >= 0.6 is 0 Å². The average Bonchev–Trinajstić information content (AvgIpc) is 2.67. The maximum Gasteiger partial charge on any atom is 0.244 e. The number of rotatable bonds is 9. The lowest BCUT2D eigenvalue weighted by Gasteiger charge is -2.10. The molecule has 0 heterocycles. The van der Waals surface area contributed by atoms with Crippen LogP contribution in [0.3, 0.4) is 0 Å². The maximum atomic E-state index is 12.0. The lowest BCUT2D eigenvalue weighted by atomic mass is 10.1. The zero-order valence-electron chi connectivity index (χ0n) is 16.3. The number of ether oxygens (including phenoxy) is 3. The fourth-order valence-corrected chi connectivity index (χ4v) is 2.53. The number of hydrogen-bond acceptors (Lipinski definition) is 4. The van der Waals surface area contributed by atoms with Gasteiger partial charge in [-0.25, -0.2) is 0 Å². The molecule has 0 aromatic heterocycles. The van der Waals surface area contributed by atoms with Gasteiger partial charge in [0.05, 0.1) is 20.3 Å². The van der Waals surface area contributed by atoms with E-state index in [9.17, 15) is 4.79 Å². The summed E-state index contributed by atoms with van der Waals surface area (Å²) in [5, 5.41) is 2.88. The zero-order chi connectivity index (χ0) is 19.6. The Morgan fingerprint density at radius 1 is 1.04 bits per heavy atom. The molecule has 0 saturated heterocycles. The van der Waals surface area contributed by atoms with Gasteiger partial charge in [-0.15, -0.1) is 0 Å². The monoisotopic (exact) mass is 369 g/mol. The third-order valence-electron chi connectivity index (χ3n) is 3.84. The minimum absolute atomic E-state index is 0.127. The Morgan fingerprint density at radius 3 is 2.37 bits per heavy atom. The Labute approximate surface area is 161 Å². The Balaban J connectivity index is 1.81. The van der Waals surface area contributed by atoms with Gasteiger partial charge in [0.25, 0.3) is 0 Å². The van der Waals surface area contributed by atoms with Crippen molar-refractivity contribution < 1.29 is 19.0 Å². The first-order valence-electron chi connectivity index (χ1n) is 8.95. The molecule has 0 aliphatic rings. The zero-order valence-corrected chi connectivity index (χ0v) is 16.3. The number of carbonyl (C=O) groups excluding carboxylic acids is 1. The molecule has 1 amide bonds. The van der Waals surface area contributed by atoms with E-state index in [0.29, 0.717) is 24.5 Å². The molecule has 0 atom stereocenters. The van der Waals surface area contributed by atoms with Crippen LogP contribution in [0.25, 0.3) is 6.08 Å². The minimum Gasteiger partial charge on any atom is -0.493 e. The first-order chi connectivity index (χ1) is 13.0. The quantitative estimate of drug-likeness (QED) is 0.682. The highest BCUT2D eigenvalue weighted by Crippen LogP contribution is 2.27. The van der Waals surface area contributed by atoms with E-state index in [1.54, 1.807) is 20.3 Å². The predicted octanol–water partition coefficient (Wildman–Crippen LogP) is 3.86. The molecule has 1 N–H and O–H groups in total. The summed E-state index contributed by atoms with van der Waals surface area (Å²) in [6.07, 6.45) is 4.17. The summed E-state index contributed by atoms with van der Waals surface area (Å²) in [6.45, 7) is 4.51. The van der Waals surface area contributed by atoms with Crippen LogP contribution in [-0.4, -0.2) is 32.8 Å². The van der Waals surface area contributed by atoms with E-state index in [4.69, 9.17) is 14.2 Å². The largest absolute Gasteiger partial charge is 0.493 e.